The number of carbonyl (C=O) groups is 1. The summed E-state index contributed by atoms with van der Waals surface area (Å²) in [4.78, 5) is 21.0. The lowest BCUT2D eigenvalue weighted by Gasteiger charge is -2.12. The monoisotopic (exact) mass is 336 g/mol. The molecule has 118 valence electrons. The van der Waals surface area contributed by atoms with Crippen LogP contribution in [0.25, 0.3) is 11.0 Å². The van der Waals surface area contributed by atoms with E-state index in [2.05, 4.69) is 15.3 Å². The van der Waals surface area contributed by atoms with Crippen molar-refractivity contribution in [3.63, 3.8) is 0 Å². The molecule has 24 heavy (non-hydrogen) atoms. The van der Waals surface area contributed by atoms with Crippen molar-refractivity contribution in [1.29, 1.82) is 5.26 Å². The summed E-state index contributed by atoms with van der Waals surface area (Å²) in [5.41, 5.74) is 3.04. The van der Waals surface area contributed by atoms with Crippen molar-refractivity contribution in [3.05, 3.63) is 64.9 Å². The Morgan fingerprint density at radius 1 is 1.12 bits per heavy atom. The van der Waals surface area contributed by atoms with Gasteiger partial charge < -0.3 is 5.32 Å². The second kappa shape index (κ2) is 6.65. The number of carbonyl (C=O) groups excluding carboxylic acids is 1. The van der Waals surface area contributed by atoms with Gasteiger partial charge in [0.15, 0.2) is 11.1 Å². The number of fused-ring (bicyclic) bond motifs is 1. The number of benzene rings is 2. The van der Waals surface area contributed by atoms with Crippen molar-refractivity contribution < 1.29 is 4.79 Å². The van der Waals surface area contributed by atoms with Crippen LogP contribution in [-0.2, 0) is 4.79 Å². The van der Waals surface area contributed by atoms with Gasteiger partial charge in [0.25, 0.3) is 0 Å². The average molecular weight is 337 g/mol. The van der Waals surface area contributed by atoms with E-state index in [1.807, 2.05) is 37.3 Å². The van der Waals surface area contributed by atoms with Crippen molar-refractivity contribution in [3.8, 4) is 6.07 Å². The van der Waals surface area contributed by atoms with Crippen LogP contribution >= 0.6 is 11.6 Å². The number of aryl methyl sites for hydroxylation is 1. The Bertz CT molecular complexity index is 947. The minimum Gasteiger partial charge on any atom is -0.325 e. The minimum atomic E-state index is -1.14. The van der Waals surface area contributed by atoms with E-state index in [1.165, 1.54) is 0 Å². The summed E-state index contributed by atoms with van der Waals surface area (Å²) in [5, 5.41) is 12.2. The molecule has 0 radical (unpaired) electrons. The van der Waals surface area contributed by atoms with E-state index in [1.54, 1.807) is 24.3 Å². The first kappa shape index (κ1) is 15.9. The lowest BCUT2D eigenvalue weighted by Crippen LogP contribution is -2.21. The van der Waals surface area contributed by atoms with Crippen LogP contribution in [0.3, 0.4) is 0 Å². The second-order valence-electron chi connectivity index (χ2n) is 5.31. The fraction of sp³-hybridized carbons (Fsp3) is 0.111. The number of aromatic nitrogens is 2. The minimum absolute atomic E-state index is 0.0549. The van der Waals surface area contributed by atoms with Crippen LogP contribution < -0.4 is 5.32 Å². The highest BCUT2D eigenvalue weighted by atomic mass is 35.5. The molecule has 3 rings (SSSR count). The first-order valence-electron chi connectivity index (χ1n) is 7.28. The molecule has 5 nitrogen and oxygen atoms in total. The molecule has 2 aromatic carbocycles. The van der Waals surface area contributed by atoms with E-state index in [0.29, 0.717) is 16.7 Å². The Morgan fingerprint density at radius 3 is 2.38 bits per heavy atom. The van der Waals surface area contributed by atoms with Gasteiger partial charge in [-0.05, 0) is 31.2 Å². The molecule has 0 bridgehead atoms. The molecule has 1 N–H and O–H groups in total. The largest absolute Gasteiger partial charge is 0.325 e. The average Bonchev–Trinajstić information content (AvgIpc) is 2.58. The molecule has 1 amide bonds. The van der Waals surface area contributed by atoms with Crippen LogP contribution in [-0.4, -0.2) is 15.9 Å². The maximum atomic E-state index is 12.5. The van der Waals surface area contributed by atoms with Crippen LogP contribution in [0.1, 0.15) is 17.2 Å². The maximum absolute atomic E-state index is 12.5. The smallest absolute Gasteiger partial charge is 0.248 e. The van der Waals surface area contributed by atoms with Gasteiger partial charge in [0, 0.05) is 5.69 Å². The van der Waals surface area contributed by atoms with Gasteiger partial charge in [0.1, 0.15) is 5.69 Å². The number of hydrogen-bond acceptors (Lipinski definition) is 4. The molecule has 1 atom stereocenters. The number of rotatable bonds is 3. The van der Waals surface area contributed by atoms with E-state index in [4.69, 9.17) is 11.6 Å². The third-order valence-corrected chi connectivity index (χ3v) is 3.81. The zero-order valence-corrected chi connectivity index (χ0v) is 13.6. The molecule has 0 saturated heterocycles. The number of anilines is 1. The fourth-order valence-electron chi connectivity index (χ4n) is 2.27. The zero-order valence-electron chi connectivity index (χ0n) is 12.8. The Hall–Kier alpha value is -2.97. The Balaban J connectivity index is 1.93. The van der Waals surface area contributed by atoms with Crippen molar-refractivity contribution in [1.82, 2.24) is 9.97 Å². The predicted molar refractivity (Wildman–Crippen MR) is 92.7 cm³/mol. The summed E-state index contributed by atoms with van der Waals surface area (Å²) >= 11 is 6.14. The van der Waals surface area contributed by atoms with Gasteiger partial charge >= 0.3 is 0 Å². The lowest BCUT2D eigenvalue weighted by molar-refractivity contribution is -0.116. The second-order valence-corrected chi connectivity index (χ2v) is 5.66. The van der Waals surface area contributed by atoms with E-state index in [0.717, 1.165) is 5.56 Å². The van der Waals surface area contributed by atoms with Crippen molar-refractivity contribution in [2.45, 2.75) is 12.8 Å². The highest BCUT2D eigenvalue weighted by Crippen LogP contribution is 2.25. The molecule has 0 saturated carbocycles. The molecule has 1 heterocycles. The topological polar surface area (TPSA) is 78.7 Å². The molecule has 0 aliphatic heterocycles. The first-order chi connectivity index (χ1) is 11.6. The molecule has 3 aromatic rings. The quantitative estimate of drug-likeness (QED) is 0.788. The zero-order chi connectivity index (χ0) is 17.1. The molecule has 0 spiro atoms. The summed E-state index contributed by atoms with van der Waals surface area (Å²) in [6.07, 6.45) is 0. The normalized spacial score (nSPS) is 11.7. The Morgan fingerprint density at radius 2 is 1.75 bits per heavy atom. The van der Waals surface area contributed by atoms with Crippen LogP contribution in [0.15, 0.2) is 48.5 Å². The van der Waals surface area contributed by atoms with Crippen molar-refractivity contribution >= 4 is 34.2 Å². The van der Waals surface area contributed by atoms with E-state index >= 15 is 0 Å². The SMILES string of the molecule is Cc1ccc(NC(=O)C(C#N)c2nc3ccccc3nc2Cl)cc1. The van der Waals surface area contributed by atoms with Gasteiger partial charge in [0.2, 0.25) is 5.91 Å². The van der Waals surface area contributed by atoms with Gasteiger partial charge in [-0.25, -0.2) is 9.97 Å². The van der Waals surface area contributed by atoms with Crippen LogP contribution in [0.2, 0.25) is 5.15 Å². The number of amides is 1. The summed E-state index contributed by atoms with van der Waals surface area (Å²) in [6, 6.07) is 16.4. The summed E-state index contributed by atoms with van der Waals surface area (Å²) in [5.74, 6) is -1.64. The number of hydrogen-bond donors (Lipinski definition) is 1. The maximum Gasteiger partial charge on any atom is 0.248 e. The van der Waals surface area contributed by atoms with E-state index < -0.39 is 11.8 Å². The van der Waals surface area contributed by atoms with Gasteiger partial charge in [-0.15, -0.1) is 0 Å². The number of halogens is 1. The standard InChI is InChI=1S/C18H13ClN4O/c1-11-6-8-12(9-7-11)21-18(24)13(10-20)16-17(19)23-15-5-3-2-4-14(15)22-16/h2-9,13H,1H3,(H,21,24). The van der Waals surface area contributed by atoms with E-state index in [-0.39, 0.29) is 10.8 Å². The molecule has 0 aliphatic rings. The lowest BCUT2D eigenvalue weighted by atomic mass is 10.1. The van der Waals surface area contributed by atoms with Gasteiger partial charge in [-0.1, -0.05) is 41.4 Å². The number of nitrogens with zero attached hydrogens (tertiary/aromatic N) is 3. The molecular weight excluding hydrogens is 324 g/mol. The van der Waals surface area contributed by atoms with Crippen molar-refractivity contribution in [2.75, 3.05) is 5.32 Å². The number of para-hydroxylation sites is 2. The first-order valence-corrected chi connectivity index (χ1v) is 7.65. The Labute approximate surface area is 143 Å². The molecule has 6 heteroatoms. The highest BCUT2D eigenvalue weighted by molar-refractivity contribution is 6.30. The highest BCUT2D eigenvalue weighted by Gasteiger charge is 2.25. The predicted octanol–water partition coefficient (Wildman–Crippen LogP) is 3.84. The van der Waals surface area contributed by atoms with Gasteiger partial charge in [-0.2, -0.15) is 5.26 Å². The molecule has 1 unspecified atom stereocenters. The molecule has 0 aliphatic carbocycles. The third-order valence-electron chi connectivity index (χ3n) is 3.54. The van der Waals surface area contributed by atoms with Gasteiger partial charge in [0.05, 0.1) is 17.1 Å². The number of nitriles is 1. The molecular formula is C18H13ClN4O. The third kappa shape index (κ3) is 3.19. The van der Waals surface area contributed by atoms with Gasteiger partial charge in [-0.3, -0.25) is 4.79 Å². The fourth-order valence-corrected chi connectivity index (χ4v) is 2.51. The van der Waals surface area contributed by atoms with Crippen LogP contribution in [0.4, 0.5) is 5.69 Å². The van der Waals surface area contributed by atoms with Crippen LogP contribution in [0, 0.1) is 18.3 Å². The molecule has 1 aromatic heterocycles. The Kier molecular flexibility index (Phi) is 4.41. The summed E-state index contributed by atoms with van der Waals surface area (Å²) in [7, 11) is 0. The van der Waals surface area contributed by atoms with Crippen LogP contribution in [0.5, 0.6) is 0 Å². The molecule has 0 fully saturated rings. The van der Waals surface area contributed by atoms with E-state index in [9.17, 15) is 10.1 Å². The summed E-state index contributed by atoms with van der Waals surface area (Å²) < 4.78 is 0. The number of nitrogens with one attached hydrogen (secondary N) is 1. The summed E-state index contributed by atoms with van der Waals surface area (Å²) in [6.45, 7) is 1.95. The van der Waals surface area contributed by atoms with Crippen molar-refractivity contribution in [2.24, 2.45) is 0 Å².